The van der Waals surface area contributed by atoms with Crippen LogP contribution in [-0.4, -0.2) is 9.97 Å². The van der Waals surface area contributed by atoms with Crippen LogP contribution in [0.3, 0.4) is 0 Å². The molecule has 0 aromatic carbocycles. The second-order valence-corrected chi connectivity index (χ2v) is 3.48. The summed E-state index contributed by atoms with van der Waals surface area (Å²) in [6.45, 7) is 0. The first-order valence-electron chi connectivity index (χ1n) is 3.87. The highest BCUT2D eigenvalue weighted by Crippen LogP contribution is 2.22. The lowest BCUT2D eigenvalue weighted by atomic mass is 10.3. The molecule has 0 bridgehead atoms. The predicted molar refractivity (Wildman–Crippen MR) is 54.5 cm³/mol. The van der Waals surface area contributed by atoms with Crippen molar-refractivity contribution < 1.29 is 0 Å². The van der Waals surface area contributed by atoms with Crippen molar-refractivity contribution in [3.05, 3.63) is 29.3 Å². The Hall–Kier alpha value is -1.93. The van der Waals surface area contributed by atoms with Crippen molar-refractivity contribution in [2.45, 2.75) is 0 Å². The summed E-state index contributed by atoms with van der Waals surface area (Å²) in [5, 5.41) is 11.1. The third kappa shape index (κ3) is 1.56. The molecule has 68 valence electrons. The number of nitriles is 1. The van der Waals surface area contributed by atoms with E-state index in [4.69, 9.17) is 11.0 Å². The molecule has 0 saturated carbocycles. The molecule has 2 heterocycles. The fourth-order valence-corrected chi connectivity index (χ4v) is 1.67. The quantitative estimate of drug-likeness (QED) is 0.763. The first-order valence-corrected chi connectivity index (χ1v) is 4.75. The van der Waals surface area contributed by atoms with Gasteiger partial charge in [-0.25, -0.2) is 4.98 Å². The molecule has 0 unspecified atom stereocenters. The molecule has 5 heteroatoms. The van der Waals surface area contributed by atoms with E-state index < -0.39 is 0 Å². The van der Waals surface area contributed by atoms with Gasteiger partial charge in [0.25, 0.3) is 0 Å². The Bertz CT molecular complexity index is 480. The van der Waals surface area contributed by atoms with Gasteiger partial charge in [0.05, 0.1) is 11.3 Å². The molecule has 2 aromatic heterocycles. The van der Waals surface area contributed by atoms with Gasteiger partial charge in [-0.05, 0) is 12.1 Å². The summed E-state index contributed by atoms with van der Waals surface area (Å²) in [5.74, 6) is 0.496. The average molecular weight is 202 g/mol. The lowest BCUT2D eigenvalue weighted by Gasteiger charge is -1.93. The SMILES string of the molecule is N#Cc1ccc(-c2nc(N)cs2)nc1. The number of rotatable bonds is 1. The molecule has 0 aliphatic carbocycles. The van der Waals surface area contributed by atoms with E-state index in [1.807, 2.05) is 6.07 Å². The number of pyridine rings is 1. The maximum absolute atomic E-state index is 8.58. The monoisotopic (exact) mass is 202 g/mol. The van der Waals surface area contributed by atoms with Crippen molar-refractivity contribution in [1.29, 1.82) is 5.26 Å². The smallest absolute Gasteiger partial charge is 0.144 e. The minimum absolute atomic E-state index is 0.496. The largest absolute Gasteiger partial charge is 0.383 e. The molecule has 2 aromatic rings. The van der Waals surface area contributed by atoms with E-state index in [0.29, 0.717) is 11.4 Å². The van der Waals surface area contributed by atoms with Crippen LogP contribution in [0.4, 0.5) is 5.82 Å². The van der Waals surface area contributed by atoms with Crippen LogP contribution < -0.4 is 5.73 Å². The summed E-state index contributed by atoms with van der Waals surface area (Å²) in [6, 6.07) is 5.48. The molecule has 0 radical (unpaired) electrons. The highest BCUT2D eigenvalue weighted by atomic mass is 32.1. The van der Waals surface area contributed by atoms with Crippen LogP contribution in [0, 0.1) is 11.3 Å². The van der Waals surface area contributed by atoms with Crippen LogP contribution in [0.25, 0.3) is 10.7 Å². The van der Waals surface area contributed by atoms with E-state index in [2.05, 4.69) is 9.97 Å². The molecule has 2 N–H and O–H groups in total. The molecular formula is C9H6N4S. The molecule has 0 atom stereocenters. The Morgan fingerprint density at radius 2 is 2.29 bits per heavy atom. The maximum atomic E-state index is 8.58. The van der Waals surface area contributed by atoms with Gasteiger partial charge in [-0.15, -0.1) is 11.3 Å². The molecule has 0 spiro atoms. The van der Waals surface area contributed by atoms with E-state index in [1.54, 1.807) is 17.5 Å². The number of nitrogens with zero attached hydrogens (tertiary/aromatic N) is 3. The third-order valence-electron chi connectivity index (χ3n) is 1.63. The summed E-state index contributed by atoms with van der Waals surface area (Å²) in [6.07, 6.45) is 1.52. The molecule has 0 saturated heterocycles. The number of thiazole rings is 1. The van der Waals surface area contributed by atoms with Crippen molar-refractivity contribution in [3.63, 3.8) is 0 Å². The van der Waals surface area contributed by atoms with Gasteiger partial charge in [-0.1, -0.05) is 0 Å². The van der Waals surface area contributed by atoms with E-state index in [-0.39, 0.29) is 0 Å². The molecule has 0 amide bonds. The molecular weight excluding hydrogens is 196 g/mol. The Morgan fingerprint density at radius 1 is 1.43 bits per heavy atom. The summed E-state index contributed by atoms with van der Waals surface area (Å²) in [4.78, 5) is 8.19. The Kier molecular flexibility index (Phi) is 2.13. The fraction of sp³-hybridized carbons (Fsp3) is 0. The molecule has 0 aliphatic heterocycles. The van der Waals surface area contributed by atoms with Crippen LogP contribution in [0.15, 0.2) is 23.7 Å². The van der Waals surface area contributed by atoms with E-state index in [1.165, 1.54) is 17.5 Å². The molecule has 0 aliphatic rings. The minimum Gasteiger partial charge on any atom is -0.383 e. The van der Waals surface area contributed by atoms with Crippen molar-refractivity contribution in [1.82, 2.24) is 9.97 Å². The van der Waals surface area contributed by atoms with E-state index in [9.17, 15) is 0 Å². The zero-order valence-corrected chi connectivity index (χ0v) is 7.95. The summed E-state index contributed by atoms with van der Waals surface area (Å²) >= 11 is 1.43. The van der Waals surface area contributed by atoms with Crippen molar-refractivity contribution >= 4 is 17.2 Å². The number of anilines is 1. The first kappa shape index (κ1) is 8.66. The van der Waals surface area contributed by atoms with Crippen LogP contribution in [0.5, 0.6) is 0 Å². The van der Waals surface area contributed by atoms with Crippen LogP contribution >= 0.6 is 11.3 Å². The van der Waals surface area contributed by atoms with Gasteiger partial charge in [0, 0.05) is 11.6 Å². The minimum atomic E-state index is 0.496. The Labute approximate surface area is 84.7 Å². The Morgan fingerprint density at radius 3 is 2.79 bits per heavy atom. The van der Waals surface area contributed by atoms with Crippen LogP contribution in [0.1, 0.15) is 5.56 Å². The lowest BCUT2D eigenvalue weighted by Crippen LogP contribution is -1.86. The number of hydrogen-bond donors (Lipinski definition) is 1. The van der Waals surface area contributed by atoms with Crippen molar-refractivity contribution in [2.24, 2.45) is 0 Å². The van der Waals surface area contributed by atoms with Gasteiger partial charge in [0.2, 0.25) is 0 Å². The molecule has 2 rings (SSSR count). The molecule has 4 nitrogen and oxygen atoms in total. The number of aromatic nitrogens is 2. The van der Waals surface area contributed by atoms with Gasteiger partial charge in [-0.3, -0.25) is 4.98 Å². The zero-order valence-electron chi connectivity index (χ0n) is 7.14. The summed E-state index contributed by atoms with van der Waals surface area (Å²) < 4.78 is 0. The first-order chi connectivity index (χ1) is 6.79. The number of hydrogen-bond acceptors (Lipinski definition) is 5. The molecule has 14 heavy (non-hydrogen) atoms. The molecule has 0 fully saturated rings. The van der Waals surface area contributed by atoms with Gasteiger partial charge in [-0.2, -0.15) is 5.26 Å². The van der Waals surface area contributed by atoms with Gasteiger partial charge < -0.3 is 5.73 Å². The number of nitrogen functional groups attached to an aromatic ring is 1. The topological polar surface area (TPSA) is 75.6 Å². The normalized spacial score (nSPS) is 9.64. The van der Waals surface area contributed by atoms with Gasteiger partial charge >= 0.3 is 0 Å². The number of nitrogens with two attached hydrogens (primary N) is 1. The standard InChI is InChI=1S/C9H6N4S/c10-3-6-1-2-7(12-4-6)9-13-8(11)5-14-9/h1-2,4-5H,11H2. The third-order valence-corrected chi connectivity index (χ3v) is 2.52. The highest BCUT2D eigenvalue weighted by molar-refractivity contribution is 7.13. The van der Waals surface area contributed by atoms with Crippen LogP contribution in [0.2, 0.25) is 0 Å². The zero-order chi connectivity index (χ0) is 9.97. The average Bonchev–Trinajstić information content (AvgIpc) is 2.65. The van der Waals surface area contributed by atoms with Crippen molar-refractivity contribution in [2.75, 3.05) is 5.73 Å². The second kappa shape index (κ2) is 3.44. The maximum Gasteiger partial charge on any atom is 0.144 e. The summed E-state index contributed by atoms with van der Waals surface area (Å²) in [5.41, 5.74) is 6.77. The predicted octanol–water partition coefficient (Wildman–Crippen LogP) is 1.66. The Balaban J connectivity index is 2.39. The lowest BCUT2D eigenvalue weighted by molar-refractivity contribution is 1.28. The summed E-state index contributed by atoms with van der Waals surface area (Å²) in [7, 11) is 0. The highest BCUT2D eigenvalue weighted by Gasteiger charge is 2.03. The van der Waals surface area contributed by atoms with Crippen LogP contribution in [-0.2, 0) is 0 Å². The van der Waals surface area contributed by atoms with Crippen molar-refractivity contribution in [3.8, 4) is 16.8 Å². The van der Waals surface area contributed by atoms with Gasteiger partial charge in [0.15, 0.2) is 0 Å². The van der Waals surface area contributed by atoms with E-state index in [0.717, 1.165) is 10.7 Å². The fourth-order valence-electron chi connectivity index (χ4n) is 0.990. The van der Waals surface area contributed by atoms with E-state index >= 15 is 0 Å². The van der Waals surface area contributed by atoms with Gasteiger partial charge in [0.1, 0.15) is 16.9 Å². The second-order valence-electron chi connectivity index (χ2n) is 2.62.